The lowest BCUT2D eigenvalue weighted by Crippen LogP contribution is -2.03. The van der Waals surface area contributed by atoms with Gasteiger partial charge in [0.15, 0.2) is 0 Å². The molecule has 4 heteroatoms. The summed E-state index contributed by atoms with van der Waals surface area (Å²) in [5, 5.41) is 4.10. The van der Waals surface area contributed by atoms with Crippen molar-refractivity contribution >= 4 is 33.2 Å². The first-order valence-electron chi connectivity index (χ1n) is 7.65. The lowest BCUT2D eigenvalue weighted by Gasteiger charge is -2.13. The fourth-order valence-corrected chi connectivity index (χ4v) is 2.79. The summed E-state index contributed by atoms with van der Waals surface area (Å²) in [6.07, 6.45) is 0. The summed E-state index contributed by atoms with van der Waals surface area (Å²) in [4.78, 5) is 0. The maximum absolute atomic E-state index is 6.15. The van der Waals surface area contributed by atoms with E-state index in [1.165, 1.54) is 0 Å². The highest BCUT2D eigenvalue weighted by Gasteiger charge is 2.06. The van der Waals surface area contributed by atoms with Crippen molar-refractivity contribution in [3.8, 4) is 5.75 Å². The number of ether oxygens (including phenoxy) is 1. The Balaban J connectivity index is 1.69. The third kappa shape index (κ3) is 4.76. The van der Waals surface area contributed by atoms with E-state index in [2.05, 4.69) is 33.4 Å². The monoisotopic (exact) mass is 401 g/mol. The van der Waals surface area contributed by atoms with Gasteiger partial charge in [-0.2, -0.15) is 0 Å². The number of anilines is 1. The van der Waals surface area contributed by atoms with Gasteiger partial charge in [-0.25, -0.2) is 0 Å². The highest BCUT2D eigenvalue weighted by molar-refractivity contribution is 9.10. The number of nitrogens with one attached hydrogen (secondary N) is 1. The van der Waals surface area contributed by atoms with Crippen LogP contribution in [-0.4, -0.2) is 0 Å². The van der Waals surface area contributed by atoms with Crippen LogP contribution < -0.4 is 10.1 Å². The third-order valence-electron chi connectivity index (χ3n) is 3.59. The van der Waals surface area contributed by atoms with Crippen LogP contribution in [0.5, 0.6) is 5.75 Å². The van der Waals surface area contributed by atoms with Crippen molar-refractivity contribution in [2.45, 2.75) is 13.2 Å². The fourth-order valence-electron chi connectivity index (χ4n) is 2.33. The lowest BCUT2D eigenvalue weighted by molar-refractivity contribution is 0.303. The van der Waals surface area contributed by atoms with Gasteiger partial charge in [0.05, 0.1) is 0 Å². The van der Waals surface area contributed by atoms with Crippen LogP contribution in [-0.2, 0) is 13.2 Å². The average molecular weight is 403 g/mol. The molecule has 0 aliphatic carbocycles. The van der Waals surface area contributed by atoms with Crippen LogP contribution in [0.25, 0.3) is 0 Å². The van der Waals surface area contributed by atoms with E-state index >= 15 is 0 Å². The third-order valence-corrected chi connectivity index (χ3v) is 4.35. The molecular formula is C20H17BrClNO. The Morgan fingerprint density at radius 2 is 1.67 bits per heavy atom. The Labute approximate surface area is 155 Å². The van der Waals surface area contributed by atoms with Gasteiger partial charge in [-0.05, 0) is 48.0 Å². The molecule has 0 fully saturated rings. The van der Waals surface area contributed by atoms with Crippen LogP contribution in [0.15, 0.2) is 77.3 Å². The normalized spacial score (nSPS) is 10.4. The van der Waals surface area contributed by atoms with Crippen LogP contribution in [0.3, 0.4) is 0 Å². The molecule has 0 bridgehead atoms. The van der Waals surface area contributed by atoms with Gasteiger partial charge in [-0.3, -0.25) is 0 Å². The van der Waals surface area contributed by atoms with E-state index in [1.807, 2.05) is 60.7 Å². The summed E-state index contributed by atoms with van der Waals surface area (Å²) >= 11 is 9.59. The summed E-state index contributed by atoms with van der Waals surface area (Å²) in [7, 11) is 0. The van der Waals surface area contributed by atoms with E-state index in [-0.39, 0.29) is 0 Å². The molecule has 0 radical (unpaired) electrons. The maximum atomic E-state index is 6.15. The Bertz CT molecular complexity index is 790. The predicted octanol–water partition coefficient (Wildman–Crippen LogP) is 6.29. The standard InChI is InChI=1S/C20H17BrClNO/c21-17-6-9-19(10-7-17)23-13-16-12-18(22)8-11-20(16)24-14-15-4-2-1-3-5-15/h1-12,23H,13-14H2. The molecule has 0 atom stereocenters. The minimum absolute atomic E-state index is 0.535. The average Bonchev–Trinajstić information content (AvgIpc) is 2.61. The van der Waals surface area contributed by atoms with Crippen molar-refractivity contribution in [3.05, 3.63) is 93.4 Å². The Hall–Kier alpha value is -1.97. The molecule has 0 heterocycles. The molecule has 0 amide bonds. The second-order valence-corrected chi connectivity index (χ2v) is 6.74. The van der Waals surface area contributed by atoms with Gasteiger partial charge in [0, 0.05) is 27.3 Å². The summed E-state index contributed by atoms with van der Waals surface area (Å²) in [5.74, 6) is 0.841. The van der Waals surface area contributed by atoms with Crippen molar-refractivity contribution in [2.24, 2.45) is 0 Å². The first-order valence-corrected chi connectivity index (χ1v) is 8.82. The highest BCUT2D eigenvalue weighted by atomic mass is 79.9. The van der Waals surface area contributed by atoms with E-state index < -0.39 is 0 Å². The summed E-state index contributed by atoms with van der Waals surface area (Å²) < 4.78 is 7.04. The number of hydrogen-bond acceptors (Lipinski definition) is 2. The van der Waals surface area contributed by atoms with Crippen molar-refractivity contribution < 1.29 is 4.74 Å². The van der Waals surface area contributed by atoms with Crippen molar-refractivity contribution in [3.63, 3.8) is 0 Å². The first-order chi connectivity index (χ1) is 11.7. The zero-order valence-corrected chi connectivity index (χ0v) is 15.3. The number of halogens is 2. The number of benzene rings is 3. The predicted molar refractivity (Wildman–Crippen MR) is 104 cm³/mol. The van der Waals surface area contributed by atoms with E-state index in [1.54, 1.807) is 0 Å². The molecule has 3 aromatic rings. The quantitative estimate of drug-likeness (QED) is 0.523. The van der Waals surface area contributed by atoms with Gasteiger partial charge in [-0.15, -0.1) is 0 Å². The Morgan fingerprint density at radius 3 is 2.42 bits per heavy atom. The van der Waals surface area contributed by atoms with E-state index in [4.69, 9.17) is 16.3 Å². The Kier molecular flexibility index (Phi) is 5.78. The maximum Gasteiger partial charge on any atom is 0.124 e. The minimum Gasteiger partial charge on any atom is -0.489 e. The Morgan fingerprint density at radius 1 is 0.917 bits per heavy atom. The fraction of sp³-hybridized carbons (Fsp3) is 0.100. The molecule has 3 aromatic carbocycles. The van der Waals surface area contributed by atoms with Gasteiger partial charge >= 0.3 is 0 Å². The van der Waals surface area contributed by atoms with Crippen LogP contribution in [0.2, 0.25) is 5.02 Å². The molecule has 0 saturated carbocycles. The van der Waals surface area contributed by atoms with Crippen molar-refractivity contribution in [1.82, 2.24) is 0 Å². The van der Waals surface area contributed by atoms with Crippen molar-refractivity contribution in [1.29, 1.82) is 0 Å². The second-order valence-electron chi connectivity index (χ2n) is 5.39. The zero-order valence-electron chi connectivity index (χ0n) is 13.0. The van der Waals surface area contributed by atoms with Crippen LogP contribution in [0, 0.1) is 0 Å². The smallest absolute Gasteiger partial charge is 0.124 e. The van der Waals surface area contributed by atoms with Crippen LogP contribution in [0.1, 0.15) is 11.1 Å². The van der Waals surface area contributed by atoms with Crippen molar-refractivity contribution in [2.75, 3.05) is 5.32 Å². The van der Waals surface area contributed by atoms with E-state index in [9.17, 15) is 0 Å². The van der Waals surface area contributed by atoms with Gasteiger partial charge in [0.2, 0.25) is 0 Å². The molecular weight excluding hydrogens is 386 g/mol. The summed E-state index contributed by atoms with van der Waals surface area (Å²) in [6, 6.07) is 23.9. The molecule has 0 aliphatic rings. The van der Waals surface area contributed by atoms with E-state index in [0.717, 1.165) is 27.0 Å². The van der Waals surface area contributed by atoms with Gasteiger partial charge in [0.1, 0.15) is 12.4 Å². The summed E-state index contributed by atoms with van der Waals surface area (Å²) in [5.41, 5.74) is 3.22. The molecule has 0 spiro atoms. The number of rotatable bonds is 6. The van der Waals surface area contributed by atoms with Gasteiger partial charge in [0.25, 0.3) is 0 Å². The van der Waals surface area contributed by atoms with Crippen LogP contribution >= 0.6 is 27.5 Å². The van der Waals surface area contributed by atoms with Gasteiger partial charge < -0.3 is 10.1 Å². The molecule has 0 saturated heterocycles. The number of hydrogen-bond donors (Lipinski definition) is 1. The molecule has 24 heavy (non-hydrogen) atoms. The van der Waals surface area contributed by atoms with E-state index in [0.29, 0.717) is 18.2 Å². The highest BCUT2D eigenvalue weighted by Crippen LogP contribution is 2.25. The van der Waals surface area contributed by atoms with Gasteiger partial charge in [-0.1, -0.05) is 57.9 Å². The zero-order chi connectivity index (χ0) is 16.8. The summed E-state index contributed by atoms with van der Waals surface area (Å²) in [6.45, 7) is 1.18. The molecule has 0 aromatic heterocycles. The SMILES string of the molecule is Clc1ccc(OCc2ccccc2)c(CNc2ccc(Br)cc2)c1. The molecule has 0 unspecified atom stereocenters. The molecule has 0 aliphatic heterocycles. The van der Waals surface area contributed by atoms with Crippen LogP contribution in [0.4, 0.5) is 5.69 Å². The lowest BCUT2D eigenvalue weighted by atomic mass is 10.2. The molecule has 1 N–H and O–H groups in total. The molecule has 2 nitrogen and oxygen atoms in total. The molecule has 122 valence electrons. The second kappa shape index (κ2) is 8.22. The molecule has 3 rings (SSSR count). The largest absolute Gasteiger partial charge is 0.489 e. The first kappa shape index (κ1) is 16.9. The topological polar surface area (TPSA) is 21.3 Å². The minimum atomic E-state index is 0.535.